The largest absolute Gasteiger partial charge is 0.454 e. The number of allylic oxidation sites excluding steroid dienone is 4. The van der Waals surface area contributed by atoms with Gasteiger partial charge in [-0.25, -0.2) is 4.79 Å². The molecule has 1 aliphatic heterocycles. The molecule has 6 bridgehead atoms. The minimum atomic E-state index is -1.78. The zero-order valence-corrected chi connectivity index (χ0v) is 42.8. The van der Waals surface area contributed by atoms with Crippen molar-refractivity contribution in [3.05, 3.63) is 69.3 Å². The summed E-state index contributed by atoms with van der Waals surface area (Å²) in [4.78, 5) is 29.9. The summed E-state index contributed by atoms with van der Waals surface area (Å²) in [6, 6.07) is 5.84. The number of carbonyl (C=O) groups excluding carboxylic acids is 2. The van der Waals surface area contributed by atoms with E-state index in [-0.39, 0.29) is 60.0 Å². The fraction of sp³-hybridized carbons (Fsp3) is 0.746. The summed E-state index contributed by atoms with van der Waals surface area (Å²) in [5.74, 6) is 5.47. The quantitative estimate of drug-likeness (QED) is 0.0973. The maximum absolute atomic E-state index is 15.9. The Morgan fingerprint density at radius 2 is 1.74 bits per heavy atom. The predicted octanol–water partition coefficient (Wildman–Crippen LogP) is 8.22. The molecule has 1 aromatic rings. The number of hydrogen-bond donors (Lipinski definition) is 6. The molecule has 0 amide bonds. The molecule has 384 valence electrons. The summed E-state index contributed by atoms with van der Waals surface area (Å²) < 4.78 is 6.48. The standard InChI is InChI=1S/C63H79NO8/c1-34(35-10-3-4-11-35)37-16-18-48-56(68)59-23-19-41(57(59)20-7-8-21-57)25-38-15-17-43-47-31-58-22-6-5-12-36-13-9-14-39(32-65)44(36)27-49(64-2)45-26-40(52(58)46-28-50(67)72-53(45)46)29-62(58,70)61(69)30-42(24-37)63(48,71)60(33-66,54(47)61)55(59)51(38)43/h9,13-14,17,28,33-35,37,40-42,45,47-49,52-56,64-65,68-71H,3-4,6-8,10-11,15-16,18-27,29-32H2,1-2H3/t34-,37+,40-,41+,42-,45+,47+,48-,49-,52+,53+,54+,55-,56+,58+,59-,60-,61-,62+,63-/m0/s1. The van der Waals surface area contributed by atoms with Crippen molar-refractivity contribution in [2.24, 2.45) is 92.7 Å². The summed E-state index contributed by atoms with van der Waals surface area (Å²) in [6.07, 6.45) is 22.5. The highest BCUT2D eigenvalue weighted by molar-refractivity contribution is 5.86. The maximum atomic E-state index is 15.9. The molecule has 3 spiro atoms. The van der Waals surface area contributed by atoms with E-state index in [1.807, 2.05) is 25.2 Å². The molecule has 0 saturated heterocycles. The fourth-order valence-electron chi connectivity index (χ4n) is 24.4. The second kappa shape index (κ2) is 15.3. The van der Waals surface area contributed by atoms with Crippen LogP contribution in [0.3, 0.4) is 0 Å². The Morgan fingerprint density at radius 3 is 2.51 bits per heavy atom. The third-order valence-electron chi connectivity index (χ3n) is 26.4. The van der Waals surface area contributed by atoms with E-state index >= 15 is 15.0 Å². The van der Waals surface area contributed by atoms with Crippen LogP contribution in [-0.4, -0.2) is 79.9 Å². The second-order valence-electron chi connectivity index (χ2n) is 27.5. The first kappa shape index (κ1) is 46.2. The molecule has 1 aromatic carbocycles. The lowest BCUT2D eigenvalue weighted by molar-refractivity contribution is -0.384. The van der Waals surface area contributed by atoms with E-state index in [1.165, 1.54) is 48.7 Å². The maximum Gasteiger partial charge on any atom is 0.331 e. The van der Waals surface area contributed by atoms with Crippen molar-refractivity contribution in [2.75, 3.05) is 7.05 Å². The average molecular weight is 978 g/mol. The van der Waals surface area contributed by atoms with E-state index in [0.29, 0.717) is 69.1 Å². The number of aldehydes is 1. The van der Waals surface area contributed by atoms with Gasteiger partial charge in [0.1, 0.15) is 18.0 Å². The molecule has 9 heteroatoms. The van der Waals surface area contributed by atoms with E-state index in [9.17, 15) is 20.1 Å². The number of hydrogen-bond acceptors (Lipinski definition) is 9. The van der Waals surface area contributed by atoms with Crippen molar-refractivity contribution in [1.29, 1.82) is 0 Å². The van der Waals surface area contributed by atoms with Crippen LogP contribution in [0.4, 0.5) is 0 Å². The zero-order valence-electron chi connectivity index (χ0n) is 42.8. The third kappa shape index (κ3) is 5.09. The van der Waals surface area contributed by atoms with Gasteiger partial charge >= 0.3 is 5.97 Å². The van der Waals surface area contributed by atoms with Crippen molar-refractivity contribution in [2.45, 2.75) is 190 Å². The van der Waals surface area contributed by atoms with E-state index in [2.05, 4.69) is 30.2 Å². The van der Waals surface area contributed by atoms with Crippen molar-refractivity contribution in [3.8, 4) is 11.8 Å². The van der Waals surface area contributed by atoms with Crippen LogP contribution in [0.25, 0.3) is 0 Å². The number of rotatable bonds is 5. The minimum Gasteiger partial charge on any atom is -0.454 e. The van der Waals surface area contributed by atoms with Crippen LogP contribution in [0.5, 0.6) is 0 Å². The Kier molecular flexibility index (Phi) is 9.83. The summed E-state index contributed by atoms with van der Waals surface area (Å²) in [5, 5.41) is 73.7. The normalized spacial score (nSPS) is 50.9. The molecule has 14 aliphatic carbocycles. The third-order valence-corrected chi connectivity index (χ3v) is 26.4. The molecular weight excluding hydrogens is 899 g/mol. The van der Waals surface area contributed by atoms with E-state index in [0.717, 1.165) is 80.1 Å². The number of aliphatic hydroxyl groups excluding tert-OH is 2. The lowest BCUT2D eigenvalue weighted by atomic mass is 9.25. The molecule has 0 radical (unpaired) electrons. The SMILES string of the molecule is CN[C@H]1Cc2c(cccc2CO)C#CCC[C@]23C[C@@H]4C5=CCC6=C5[C@H]5[C@@]7(CC[C@H](C6)C76CCCC6)[C@H](O)[C@@H]6CC[C@@H]([C@@H](C)C7CCCC7)C[C@H]7C[C@](O)([C@H]4[C@]5(C=O)[C@]76O)[C@@]2(O)C[C@@H]2C[C@H]1[C@H]1OC(=O)C=C1[C@@H]23. The van der Waals surface area contributed by atoms with Gasteiger partial charge in [-0.3, -0.25) is 0 Å². The van der Waals surface area contributed by atoms with Gasteiger partial charge < -0.3 is 40.4 Å². The van der Waals surface area contributed by atoms with Gasteiger partial charge in [0.25, 0.3) is 0 Å². The Labute approximate surface area is 426 Å². The van der Waals surface area contributed by atoms with E-state index in [4.69, 9.17) is 4.74 Å². The molecule has 16 rings (SSSR count). The van der Waals surface area contributed by atoms with Gasteiger partial charge in [0.05, 0.1) is 29.3 Å². The van der Waals surface area contributed by atoms with Crippen LogP contribution in [0.15, 0.2) is 52.6 Å². The number of nitrogens with one attached hydrogen (secondary N) is 1. The molecule has 15 aliphatic rings. The number of carbonyl (C=O) groups is 2. The van der Waals surface area contributed by atoms with Gasteiger partial charge in [-0.2, -0.15) is 0 Å². The first-order valence-corrected chi connectivity index (χ1v) is 29.3. The molecule has 20 atom stereocenters. The molecule has 9 nitrogen and oxygen atoms in total. The number of esters is 1. The molecule has 72 heavy (non-hydrogen) atoms. The van der Waals surface area contributed by atoms with E-state index in [1.54, 1.807) is 6.08 Å². The first-order valence-electron chi connectivity index (χ1n) is 29.3. The molecular formula is C63H79NO8. The average Bonchev–Trinajstić information content (AvgIpc) is 4.24. The van der Waals surface area contributed by atoms with Crippen LogP contribution >= 0.6 is 0 Å². The summed E-state index contributed by atoms with van der Waals surface area (Å²) in [6.45, 7) is 2.34. The van der Waals surface area contributed by atoms with Gasteiger partial charge in [0.2, 0.25) is 0 Å². The fourth-order valence-corrected chi connectivity index (χ4v) is 24.4. The minimum absolute atomic E-state index is 0.0991. The highest BCUT2D eigenvalue weighted by Crippen LogP contribution is 2.88. The van der Waals surface area contributed by atoms with Crippen LogP contribution in [0.2, 0.25) is 0 Å². The van der Waals surface area contributed by atoms with Crippen LogP contribution in [0.1, 0.15) is 158 Å². The van der Waals surface area contributed by atoms with Gasteiger partial charge in [0, 0.05) is 58.6 Å². The number of aliphatic hydroxyl groups is 5. The monoisotopic (exact) mass is 978 g/mol. The topological polar surface area (TPSA) is 157 Å². The predicted molar refractivity (Wildman–Crippen MR) is 270 cm³/mol. The second-order valence-corrected chi connectivity index (χ2v) is 27.5. The number of benzene rings is 1. The number of ether oxygens (including phenoxy) is 1. The van der Waals surface area contributed by atoms with Gasteiger partial charge in [-0.1, -0.05) is 81.1 Å². The van der Waals surface area contributed by atoms with Crippen molar-refractivity contribution in [1.82, 2.24) is 5.32 Å². The highest BCUT2D eigenvalue weighted by atomic mass is 16.5. The molecule has 0 unspecified atom stereocenters. The highest BCUT2D eigenvalue weighted by Gasteiger charge is 2.91. The lowest BCUT2D eigenvalue weighted by Gasteiger charge is -2.80. The van der Waals surface area contributed by atoms with Crippen LogP contribution in [-0.2, 0) is 27.4 Å². The lowest BCUT2D eigenvalue weighted by Crippen LogP contribution is -2.87. The van der Waals surface area contributed by atoms with Gasteiger partial charge in [0.15, 0.2) is 0 Å². The molecule has 10 saturated carbocycles. The van der Waals surface area contributed by atoms with Crippen molar-refractivity contribution < 1.29 is 39.9 Å². The number of fused-ring (bicyclic) bond motifs is 5. The molecule has 0 aromatic heterocycles. The van der Waals surface area contributed by atoms with Crippen molar-refractivity contribution >= 4 is 12.3 Å². The smallest absolute Gasteiger partial charge is 0.331 e. The zero-order chi connectivity index (χ0) is 49.1. The van der Waals surface area contributed by atoms with Crippen molar-refractivity contribution in [3.63, 3.8) is 0 Å². The summed E-state index contributed by atoms with van der Waals surface area (Å²) in [5.41, 5.74) is -0.612. The van der Waals surface area contributed by atoms with Gasteiger partial charge in [-0.15, -0.1) is 0 Å². The van der Waals surface area contributed by atoms with Gasteiger partial charge in [-0.05, 0) is 190 Å². The Balaban J connectivity index is 0.986. The number of likely N-dealkylation sites (N-methyl/N-ethyl adjacent to an activating group) is 1. The summed E-state index contributed by atoms with van der Waals surface area (Å²) >= 11 is 0. The molecule has 6 N–H and O–H groups in total. The Bertz CT molecular complexity index is 2700. The summed E-state index contributed by atoms with van der Waals surface area (Å²) in [7, 11) is 1.97. The first-order chi connectivity index (χ1) is 34.8. The molecule has 1 heterocycles. The Hall–Kier alpha value is -3.10. The Morgan fingerprint density at radius 1 is 0.917 bits per heavy atom. The van der Waals surface area contributed by atoms with E-state index < -0.39 is 68.9 Å². The van der Waals surface area contributed by atoms with Crippen LogP contribution < -0.4 is 5.32 Å². The van der Waals surface area contributed by atoms with Crippen LogP contribution in [0, 0.1) is 105 Å². The molecule has 10 fully saturated rings.